The molecule has 3 aromatic rings. The van der Waals surface area contributed by atoms with Crippen molar-refractivity contribution in [2.45, 2.75) is 32.1 Å². The van der Waals surface area contributed by atoms with Gasteiger partial charge in [-0.25, -0.2) is 0 Å². The van der Waals surface area contributed by atoms with Gasteiger partial charge in [-0.3, -0.25) is 9.69 Å². The van der Waals surface area contributed by atoms with Gasteiger partial charge in [0.2, 0.25) is 11.8 Å². The maximum atomic E-state index is 12.3. The van der Waals surface area contributed by atoms with E-state index in [4.69, 9.17) is 8.83 Å². The Morgan fingerprint density at radius 1 is 1.18 bits per heavy atom. The van der Waals surface area contributed by atoms with Crippen LogP contribution in [-0.2, 0) is 11.2 Å². The normalized spacial score (nSPS) is 15.6. The van der Waals surface area contributed by atoms with Crippen LogP contribution in [-0.4, -0.2) is 40.6 Å². The molecule has 28 heavy (non-hydrogen) atoms. The van der Waals surface area contributed by atoms with Gasteiger partial charge in [0.05, 0.1) is 12.8 Å². The van der Waals surface area contributed by atoms with E-state index in [1.165, 1.54) is 5.56 Å². The van der Waals surface area contributed by atoms with Crippen molar-refractivity contribution < 1.29 is 13.6 Å². The van der Waals surface area contributed by atoms with E-state index < -0.39 is 0 Å². The second kappa shape index (κ2) is 8.39. The van der Waals surface area contributed by atoms with Crippen molar-refractivity contribution in [3.8, 4) is 11.7 Å². The highest BCUT2D eigenvalue weighted by Gasteiger charge is 2.26. The van der Waals surface area contributed by atoms with Gasteiger partial charge in [0, 0.05) is 11.6 Å². The van der Waals surface area contributed by atoms with Gasteiger partial charge in [-0.2, -0.15) is 0 Å². The molecule has 7 nitrogen and oxygen atoms in total. The zero-order valence-electron chi connectivity index (χ0n) is 15.9. The van der Waals surface area contributed by atoms with E-state index in [-0.39, 0.29) is 11.8 Å². The Hall–Kier alpha value is -2.93. The number of anilines is 1. The third kappa shape index (κ3) is 4.31. The molecule has 2 aromatic heterocycles. The number of nitrogens with zero attached hydrogens (tertiary/aromatic N) is 3. The van der Waals surface area contributed by atoms with Crippen molar-refractivity contribution in [1.82, 2.24) is 15.1 Å². The molecule has 1 aliphatic rings. The Morgan fingerprint density at radius 3 is 2.64 bits per heavy atom. The fourth-order valence-electron chi connectivity index (χ4n) is 3.46. The number of likely N-dealkylation sites (tertiary alicyclic amines) is 1. The zero-order valence-corrected chi connectivity index (χ0v) is 15.9. The van der Waals surface area contributed by atoms with Crippen LogP contribution < -0.4 is 5.32 Å². The molecule has 1 aromatic carbocycles. The highest BCUT2D eigenvalue weighted by atomic mass is 16.4. The van der Waals surface area contributed by atoms with Crippen molar-refractivity contribution in [3.05, 3.63) is 54.1 Å². The van der Waals surface area contributed by atoms with E-state index in [2.05, 4.69) is 27.3 Å². The molecule has 1 aliphatic heterocycles. The third-order valence-corrected chi connectivity index (χ3v) is 5.12. The van der Waals surface area contributed by atoms with Gasteiger partial charge in [0.15, 0.2) is 5.76 Å². The van der Waals surface area contributed by atoms with Crippen LogP contribution in [0.2, 0.25) is 0 Å². The lowest BCUT2D eigenvalue weighted by molar-refractivity contribution is -0.117. The third-order valence-electron chi connectivity index (χ3n) is 5.12. The summed E-state index contributed by atoms with van der Waals surface area (Å²) in [6, 6.07) is 11.6. The molecule has 1 N–H and O–H groups in total. The summed E-state index contributed by atoms with van der Waals surface area (Å²) in [4.78, 5) is 14.5. The molecule has 0 aliphatic carbocycles. The van der Waals surface area contributed by atoms with Gasteiger partial charge in [-0.15, -0.1) is 10.2 Å². The lowest BCUT2D eigenvalue weighted by atomic mass is 9.97. The Labute approximate surface area is 163 Å². The van der Waals surface area contributed by atoms with Gasteiger partial charge >= 0.3 is 0 Å². The van der Waals surface area contributed by atoms with Crippen molar-refractivity contribution in [1.29, 1.82) is 0 Å². The summed E-state index contributed by atoms with van der Waals surface area (Å²) in [5.74, 6) is 1.87. The van der Waals surface area contributed by atoms with Gasteiger partial charge in [0.1, 0.15) is 0 Å². The summed E-state index contributed by atoms with van der Waals surface area (Å²) in [7, 11) is 0. The molecule has 0 saturated carbocycles. The Bertz CT molecular complexity index is 894. The molecule has 4 rings (SSSR count). The topological polar surface area (TPSA) is 84.4 Å². The Kier molecular flexibility index (Phi) is 5.53. The summed E-state index contributed by atoms with van der Waals surface area (Å²) in [5, 5.41) is 11.2. The van der Waals surface area contributed by atoms with Crippen molar-refractivity contribution in [2.24, 2.45) is 0 Å². The van der Waals surface area contributed by atoms with Crippen LogP contribution in [0, 0.1) is 0 Å². The lowest BCUT2D eigenvalue weighted by Gasteiger charge is -2.29. The predicted molar refractivity (Wildman–Crippen MR) is 105 cm³/mol. The minimum Gasteiger partial charge on any atom is -0.459 e. The molecule has 1 fully saturated rings. The predicted octanol–water partition coefficient (Wildman–Crippen LogP) is 3.71. The average Bonchev–Trinajstić information content (AvgIpc) is 3.41. The number of amides is 1. The summed E-state index contributed by atoms with van der Waals surface area (Å²) >= 11 is 0. The van der Waals surface area contributed by atoms with Gasteiger partial charge in [-0.1, -0.05) is 19.1 Å². The van der Waals surface area contributed by atoms with Gasteiger partial charge in [-0.05, 0) is 62.2 Å². The SMILES string of the molecule is CCc1ccc(NC(=O)CN2CCC(c3nnc(-c4ccco4)o3)CC2)cc1. The smallest absolute Gasteiger partial charge is 0.283 e. The van der Waals surface area contributed by atoms with Gasteiger partial charge < -0.3 is 14.2 Å². The number of rotatable bonds is 6. The van der Waals surface area contributed by atoms with Crippen LogP contribution in [0.5, 0.6) is 0 Å². The molecule has 1 amide bonds. The number of hydrogen-bond acceptors (Lipinski definition) is 6. The summed E-state index contributed by atoms with van der Waals surface area (Å²) in [5.41, 5.74) is 2.10. The minimum atomic E-state index is 0.0144. The average molecular weight is 380 g/mol. The second-order valence-electron chi connectivity index (χ2n) is 7.07. The monoisotopic (exact) mass is 380 g/mol. The highest BCUT2D eigenvalue weighted by molar-refractivity contribution is 5.92. The van der Waals surface area contributed by atoms with Crippen molar-refractivity contribution in [3.63, 3.8) is 0 Å². The van der Waals surface area contributed by atoms with Gasteiger partial charge in [0.25, 0.3) is 5.89 Å². The standard InChI is InChI=1S/C21H24N4O3/c1-2-15-5-7-17(8-6-15)22-19(26)14-25-11-9-16(10-12-25)20-23-24-21(28-20)18-4-3-13-27-18/h3-8,13,16H,2,9-12,14H2,1H3,(H,22,26). The van der Waals surface area contributed by atoms with E-state index in [1.54, 1.807) is 18.4 Å². The first-order chi connectivity index (χ1) is 13.7. The number of furan rings is 1. The van der Waals surface area contributed by atoms with E-state index in [1.807, 2.05) is 24.3 Å². The number of carbonyl (C=O) groups is 1. The van der Waals surface area contributed by atoms with Crippen LogP contribution in [0.25, 0.3) is 11.7 Å². The van der Waals surface area contributed by atoms with E-state index in [9.17, 15) is 4.79 Å². The molecule has 0 unspecified atom stereocenters. The number of carbonyl (C=O) groups excluding carboxylic acids is 1. The summed E-state index contributed by atoms with van der Waals surface area (Å²) in [6.07, 6.45) is 4.35. The van der Waals surface area contributed by atoms with Crippen molar-refractivity contribution in [2.75, 3.05) is 25.0 Å². The molecule has 146 valence electrons. The van der Waals surface area contributed by atoms with Crippen molar-refractivity contribution >= 4 is 11.6 Å². The maximum absolute atomic E-state index is 12.3. The quantitative estimate of drug-likeness (QED) is 0.702. The van der Waals surface area contributed by atoms with Crippen LogP contribution in [0.3, 0.4) is 0 Å². The molecule has 0 radical (unpaired) electrons. The van der Waals surface area contributed by atoms with Crippen LogP contribution in [0.1, 0.15) is 37.1 Å². The molecular formula is C21H24N4O3. The first-order valence-electron chi connectivity index (χ1n) is 9.69. The second-order valence-corrected chi connectivity index (χ2v) is 7.07. The summed E-state index contributed by atoms with van der Waals surface area (Å²) < 4.78 is 11.1. The summed E-state index contributed by atoms with van der Waals surface area (Å²) in [6.45, 7) is 4.16. The number of aryl methyl sites for hydroxylation is 1. The largest absolute Gasteiger partial charge is 0.459 e. The van der Waals surface area contributed by atoms with E-state index in [0.717, 1.165) is 38.0 Å². The number of nitrogens with one attached hydrogen (secondary N) is 1. The maximum Gasteiger partial charge on any atom is 0.283 e. The molecular weight excluding hydrogens is 356 g/mol. The molecule has 3 heterocycles. The zero-order chi connectivity index (χ0) is 19.3. The Morgan fingerprint density at radius 2 is 1.96 bits per heavy atom. The minimum absolute atomic E-state index is 0.0144. The molecule has 0 bridgehead atoms. The van der Waals surface area contributed by atoms with Crippen LogP contribution >= 0.6 is 0 Å². The molecule has 7 heteroatoms. The van der Waals surface area contributed by atoms with E-state index in [0.29, 0.717) is 24.1 Å². The van der Waals surface area contributed by atoms with E-state index >= 15 is 0 Å². The fraction of sp³-hybridized carbons (Fsp3) is 0.381. The van der Waals surface area contributed by atoms with Crippen LogP contribution in [0.4, 0.5) is 5.69 Å². The number of aromatic nitrogens is 2. The van der Waals surface area contributed by atoms with Crippen LogP contribution in [0.15, 0.2) is 51.5 Å². The number of benzene rings is 1. The Balaban J connectivity index is 1.26. The first kappa shape index (κ1) is 18.4. The number of piperidine rings is 1. The molecule has 0 spiro atoms. The number of hydrogen-bond donors (Lipinski definition) is 1. The lowest BCUT2D eigenvalue weighted by Crippen LogP contribution is -2.38. The molecule has 1 saturated heterocycles. The fourth-order valence-corrected chi connectivity index (χ4v) is 3.46. The first-order valence-corrected chi connectivity index (χ1v) is 9.69. The highest BCUT2D eigenvalue weighted by Crippen LogP contribution is 2.29. The molecule has 0 atom stereocenters.